The number of carbonyl (C=O) groups excluding carboxylic acids is 4. The minimum Gasteiger partial charge on any atom is -0.460 e. The molecule has 3 N–H and O–H groups in total. The van der Waals surface area contributed by atoms with Crippen LogP contribution < -0.4 is 11.1 Å². The van der Waals surface area contributed by atoms with Crippen molar-refractivity contribution in [1.29, 1.82) is 0 Å². The van der Waals surface area contributed by atoms with Gasteiger partial charge in [0.25, 0.3) is 0 Å². The van der Waals surface area contributed by atoms with Crippen molar-refractivity contribution >= 4 is 34.8 Å². The van der Waals surface area contributed by atoms with Crippen molar-refractivity contribution in [2.24, 2.45) is 29.4 Å². The van der Waals surface area contributed by atoms with E-state index in [1.54, 1.807) is 38.7 Å². The molecule has 1 aromatic heterocycles. The van der Waals surface area contributed by atoms with Gasteiger partial charge in [0.05, 0.1) is 18.7 Å². The van der Waals surface area contributed by atoms with Gasteiger partial charge in [-0.1, -0.05) is 50.3 Å². The highest BCUT2D eigenvalue weighted by Gasteiger charge is 2.53. The summed E-state index contributed by atoms with van der Waals surface area (Å²) in [6.07, 6.45) is 6.98. The zero-order valence-electron chi connectivity index (χ0n) is 28.1. The molecule has 3 fully saturated rings. The SMILES string of the molecule is CCOC(=O)c1oc2ccccc2c1C1C[C@@H](C2CCCCC2)[C@@H](C(N)=O)N1C(=O)C1CCC([C@@H](CF)NC(=O)OC(C)(C)C)CC1. The molecule has 1 aromatic carbocycles. The van der Waals surface area contributed by atoms with Crippen LogP contribution in [0.25, 0.3) is 11.0 Å². The predicted molar refractivity (Wildman–Crippen MR) is 174 cm³/mol. The molecule has 2 saturated carbocycles. The van der Waals surface area contributed by atoms with Crippen LogP contribution in [0.15, 0.2) is 28.7 Å². The van der Waals surface area contributed by atoms with E-state index in [0.29, 0.717) is 48.6 Å². The number of carbonyl (C=O) groups is 4. The van der Waals surface area contributed by atoms with Gasteiger partial charge in [-0.15, -0.1) is 0 Å². The lowest BCUT2D eigenvalue weighted by Crippen LogP contribution is -2.51. The summed E-state index contributed by atoms with van der Waals surface area (Å²) in [5.74, 6) is -1.82. The second kappa shape index (κ2) is 14.6. The van der Waals surface area contributed by atoms with Crippen LogP contribution in [-0.2, 0) is 19.1 Å². The monoisotopic (exact) mass is 655 g/mol. The summed E-state index contributed by atoms with van der Waals surface area (Å²) >= 11 is 0. The number of halogens is 1. The second-order valence-electron chi connectivity index (χ2n) is 14.5. The molecule has 1 unspecified atom stereocenters. The molecule has 3 amide bonds. The van der Waals surface area contributed by atoms with E-state index >= 15 is 0 Å². The molecule has 0 spiro atoms. The Morgan fingerprint density at radius 1 is 1.04 bits per heavy atom. The third kappa shape index (κ3) is 7.59. The second-order valence-corrected chi connectivity index (χ2v) is 14.5. The number of ether oxygens (including phenoxy) is 2. The number of esters is 1. The molecule has 2 heterocycles. The van der Waals surface area contributed by atoms with E-state index in [4.69, 9.17) is 19.6 Å². The first kappa shape index (κ1) is 34.7. The maximum atomic E-state index is 14.7. The van der Waals surface area contributed by atoms with Gasteiger partial charge in [0, 0.05) is 16.9 Å². The zero-order valence-corrected chi connectivity index (χ0v) is 28.1. The average molecular weight is 656 g/mol. The molecule has 258 valence electrons. The predicted octanol–water partition coefficient (Wildman–Crippen LogP) is 6.60. The smallest absolute Gasteiger partial charge is 0.407 e. The van der Waals surface area contributed by atoms with Gasteiger partial charge in [0.2, 0.25) is 17.6 Å². The van der Waals surface area contributed by atoms with E-state index in [9.17, 15) is 23.6 Å². The van der Waals surface area contributed by atoms with Crippen molar-refractivity contribution in [3.8, 4) is 0 Å². The number of nitrogens with one attached hydrogen (secondary N) is 1. The van der Waals surface area contributed by atoms with E-state index in [0.717, 1.165) is 32.1 Å². The highest BCUT2D eigenvalue weighted by molar-refractivity contribution is 5.98. The van der Waals surface area contributed by atoms with E-state index in [1.165, 1.54) is 0 Å². The topological polar surface area (TPSA) is 141 Å². The number of hydrogen-bond donors (Lipinski definition) is 2. The molecule has 3 aliphatic rings. The van der Waals surface area contributed by atoms with Gasteiger partial charge in [-0.3, -0.25) is 9.59 Å². The van der Waals surface area contributed by atoms with E-state index in [-0.39, 0.29) is 36.0 Å². The summed E-state index contributed by atoms with van der Waals surface area (Å²) < 4.78 is 31.0. The molecule has 11 heteroatoms. The minimum atomic E-state index is -0.829. The standard InChI is InChI=1S/C36H50FN3O7/c1-5-45-34(43)31-29(24-13-9-10-14-28(24)46-31)27-19-25(21-11-7-6-8-12-21)30(32(38)41)40(27)33(42)23-17-15-22(16-18-23)26(20-37)39-35(44)47-36(2,3)4/h9-10,13-14,21-23,25-27,30H,5-8,11-12,15-20H2,1-4H3,(H2,38,41)(H,39,44)/t22?,23?,25-,26+,27?,30-/m0/s1. The fourth-order valence-corrected chi connectivity index (χ4v) is 8.27. The molecule has 0 radical (unpaired) electrons. The van der Waals surface area contributed by atoms with Crippen molar-refractivity contribution in [3.05, 3.63) is 35.6 Å². The molecule has 10 nitrogen and oxygen atoms in total. The Morgan fingerprint density at radius 3 is 2.34 bits per heavy atom. The number of likely N-dealkylation sites (tertiary alicyclic amines) is 1. The van der Waals surface area contributed by atoms with Gasteiger partial charge >= 0.3 is 12.1 Å². The normalized spacial score (nSPS) is 26.1. The van der Waals surface area contributed by atoms with Crippen molar-refractivity contribution in [2.75, 3.05) is 13.3 Å². The summed E-state index contributed by atoms with van der Waals surface area (Å²) in [6, 6.07) is 5.16. The summed E-state index contributed by atoms with van der Waals surface area (Å²) in [4.78, 5) is 55.4. The van der Waals surface area contributed by atoms with Crippen LogP contribution in [0, 0.1) is 23.7 Å². The van der Waals surface area contributed by atoms with Crippen molar-refractivity contribution in [3.63, 3.8) is 0 Å². The first-order valence-electron chi connectivity index (χ1n) is 17.3. The van der Waals surface area contributed by atoms with Crippen LogP contribution >= 0.6 is 0 Å². The van der Waals surface area contributed by atoms with Gasteiger partial charge in [0.1, 0.15) is 23.9 Å². The maximum Gasteiger partial charge on any atom is 0.407 e. The van der Waals surface area contributed by atoms with Crippen molar-refractivity contribution < 1.29 is 37.5 Å². The summed E-state index contributed by atoms with van der Waals surface area (Å²) in [5.41, 5.74) is 6.51. The summed E-state index contributed by atoms with van der Waals surface area (Å²) in [6.45, 7) is 6.39. The number of primary amides is 1. The number of hydrogen-bond acceptors (Lipinski definition) is 7. The average Bonchev–Trinajstić information content (AvgIpc) is 3.62. The number of benzene rings is 1. The molecular formula is C36H50FN3O7. The Bertz CT molecular complexity index is 1440. The van der Waals surface area contributed by atoms with Crippen LogP contribution in [0.3, 0.4) is 0 Å². The van der Waals surface area contributed by atoms with Crippen LogP contribution in [0.2, 0.25) is 0 Å². The van der Waals surface area contributed by atoms with Crippen LogP contribution in [-0.4, -0.2) is 59.7 Å². The molecule has 1 saturated heterocycles. The molecule has 1 aliphatic heterocycles. The molecular weight excluding hydrogens is 605 g/mol. The van der Waals surface area contributed by atoms with Gasteiger partial charge in [-0.25, -0.2) is 14.0 Å². The highest BCUT2D eigenvalue weighted by atomic mass is 19.1. The third-order valence-electron chi connectivity index (χ3n) is 10.3. The first-order chi connectivity index (χ1) is 22.4. The molecule has 0 bridgehead atoms. The zero-order chi connectivity index (χ0) is 33.9. The lowest BCUT2D eigenvalue weighted by Gasteiger charge is -2.38. The lowest BCUT2D eigenvalue weighted by atomic mass is 9.75. The lowest BCUT2D eigenvalue weighted by molar-refractivity contribution is -0.145. The van der Waals surface area contributed by atoms with Gasteiger partial charge in [0.15, 0.2) is 0 Å². The van der Waals surface area contributed by atoms with Gasteiger partial charge in [-0.2, -0.15) is 0 Å². The summed E-state index contributed by atoms with van der Waals surface area (Å²) in [7, 11) is 0. The molecule has 4 atom stereocenters. The number of furan rings is 1. The number of alkyl halides is 1. The van der Waals surface area contributed by atoms with Gasteiger partial charge < -0.3 is 29.8 Å². The van der Waals surface area contributed by atoms with Gasteiger partial charge in [-0.05, 0) is 83.6 Å². The van der Waals surface area contributed by atoms with Crippen molar-refractivity contribution in [1.82, 2.24) is 10.2 Å². The fourth-order valence-electron chi connectivity index (χ4n) is 8.27. The molecule has 2 aliphatic carbocycles. The first-order valence-corrected chi connectivity index (χ1v) is 17.3. The molecule has 2 aromatic rings. The number of nitrogens with two attached hydrogens (primary N) is 1. The van der Waals surface area contributed by atoms with Crippen molar-refractivity contribution in [2.45, 2.75) is 116 Å². The quantitative estimate of drug-likeness (QED) is 0.290. The maximum absolute atomic E-state index is 14.7. The number of alkyl carbamates (subject to hydrolysis) is 1. The minimum absolute atomic E-state index is 0.0473. The third-order valence-corrected chi connectivity index (χ3v) is 10.3. The Balaban J connectivity index is 1.45. The summed E-state index contributed by atoms with van der Waals surface area (Å²) in [5, 5.41) is 3.38. The van der Waals surface area contributed by atoms with E-state index in [1.807, 2.05) is 18.2 Å². The van der Waals surface area contributed by atoms with Crippen LogP contribution in [0.1, 0.15) is 114 Å². The Kier molecular flexibility index (Phi) is 10.8. The van der Waals surface area contributed by atoms with E-state index in [2.05, 4.69) is 5.32 Å². The Morgan fingerprint density at radius 2 is 1.72 bits per heavy atom. The number of para-hydroxylation sites is 1. The number of fused-ring (bicyclic) bond motifs is 1. The van der Waals surface area contributed by atoms with Crippen LogP contribution in [0.5, 0.6) is 0 Å². The Hall–Kier alpha value is -3.63. The molecule has 5 rings (SSSR count). The van der Waals surface area contributed by atoms with Crippen LogP contribution in [0.4, 0.5) is 9.18 Å². The largest absolute Gasteiger partial charge is 0.460 e. The fraction of sp³-hybridized carbons (Fsp3) is 0.667. The van der Waals surface area contributed by atoms with E-state index < -0.39 is 54.3 Å². The highest BCUT2D eigenvalue weighted by Crippen LogP contribution is 2.51. The molecule has 47 heavy (non-hydrogen) atoms. The number of amides is 3. The number of rotatable bonds is 9. The number of nitrogens with zero attached hydrogens (tertiary/aromatic N) is 1. The Labute approximate surface area is 276 Å².